The van der Waals surface area contributed by atoms with Crippen LogP contribution in [0.2, 0.25) is 0 Å². The minimum absolute atomic E-state index is 0.457. The summed E-state index contributed by atoms with van der Waals surface area (Å²) in [6.45, 7) is 4.80. The largest absolute Gasteiger partial charge is 0.324 e. The average molecular weight is 309 g/mol. The van der Waals surface area contributed by atoms with Gasteiger partial charge in [0.05, 0.1) is 17.2 Å². The van der Waals surface area contributed by atoms with Crippen molar-refractivity contribution in [2.24, 2.45) is 5.73 Å². The molecule has 1 aliphatic carbocycles. The highest BCUT2D eigenvalue weighted by molar-refractivity contribution is 7.98. The van der Waals surface area contributed by atoms with Crippen LogP contribution in [0.25, 0.3) is 0 Å². The molecule has 2 N–H and O–H groups in total. The van der Waals surface area contributed by atoms with Gasteiger partial charge in [-0.15, -0.1) is 21.5 Å². The Balaban J connectivity index is 1.70. The van der Waals surface area contributed by atoms with Crippen molar-refractivity contribution in [1.82, 2.24) is 19.7 Å². The van der Waals surface area contributed by atoms with E-state index in [0.717, 1.165) is 22.4 Å². The van der Waals surface area contributed by atoms with Crippen LogP contribution in [-0.4, -0.2) is 19.7 Å². The summed E-state index contributed by atoms with van der Waals surface area (Å²) in [5.41, 5.74) is 6.86. The van der Waals surface area contributed by atoms with Gasteiger partial charge in [0.25, 0.3) is 0 Å². The van der Waals surface area contributed by atoms with Crippen molar-refractivity contribution in [3.05, 3.63) is 21.9 Å². The van der Waals surface area contributed by atoms with Crippen LogP contribution in [0.5, 0.6) is 0 Å². The quantitative estimate of drug-likeness (QED) is 0.831. The summed E-state index contributed by atoms with van der Waals surface area (Å²) in [6, 6.07) is 0.563. The molecule has 0 unspecified atom stereocenters. The smallest absolute Gasteiger partial charge is 0.191 e. The maximum absolute atomic E-state index is 5.73. The molecule has 1 saturated carbocycles. The number of thiazole rings is 1. The highest BCUT2D eigenvalue weighted by atomic mass is 32.2. The van der Waals surface area contributed by atoms with Crippen molar-refractivity contribution < 1.29 is 0 Å². The van der Waals surface area contributed by atoms with Crippen LogP contribution in [-0.2, 0) is 12.3 Å². The summed E-state index contributed by atoms with van der Waals surface area (Å²) < 4.78 is 2.21. The fourth-order valence-electron chi connectivity index (χ4n) is 2.04. The molecule has 2 heterocycles. The second-order valence-corrected chi connectivity index (χ2v) is 7.16. The van der Waals surface area contributed by atoms with E-state index in [-0.39, 0.29) is 0 Å². The van der Waals surface area contributed by atoms with E-state index >= 15 is 0 Å². The molecule has 20 heavy (non-hydrogen) atoms. The van der Waals surface area contributed by atoms with Crippen LogP contribution >= 0.6 is 23.1 Å². The fourth-order valence-corrected chi connectivity index (χ4v) is 3.89. The monoisotopic (exact) mass is 309 g/mol. The number of aromatic nitrogens is 4. The van der Waals surface area contributed by atoms with Gasteiger partial charge < -0.3 is 10.3 Å². The Bertz CT molecular complexity index is 585. The third-order valence-electron chi connectivity index (χ3n) is 3.24. The van der Waals surface area contributed by atoms with Crippen LogP contribution in [0.1, 0.15) is 55.2 Å². The SMILES string of the molecule is CC(C)c1nc(CSc2nnc(CN)n2C2CC2)cs1. The first-order valence-electron chi connectivity index (χ1n) is 6.90. The van der Waals surface area contributed by atoms with E-state index in [1.807, 2.05) is 0 Å². The van der Waals surface area contributed by atoms with E-state index in [2.05, 4.69) is 39.0 Å². The molecule has 0 aliphatic heterocycles. The highest BCUT2D eigenvalue weighted by Gasteiger charge is 2.29. The van der Waals surface area contributed by atoms with Gasteiger partial charge in [0.1, 0.15) is 5.82 Å². The van der Waals surface area contributed by atoms with E-state index in [0.29, 0.717) is 18.5 Å². The highest BCUT2D eigenvalue weighted by Crippen LogP contribution is 2.39. The predicted molar refractivity (Wildman–Crippen MR) is 81.9 cm³/mol. The predicted octanol–water partition coefficient (Wildman–Crippen LogP) is 2.94. The second kappa shape index (κ2) is 5.83. The van der Waals surface area contributed by atoms with Gasteiger partial charge in [0.2, 0.25) is 0 Å². The molecule has 3 rings (SSSR count). The zero-order valence-corrected chi connectivity index (χ0v) is 13.4. The first-order chi connectivity index (χ1) is 9.69. The zero-order valence-electron chi connectivity index (χ0n) is 11.7. The molecule has 1 fully saturated rings. The van der Waals surface area contributed by atoms with Crippen molar-refractivity contribution >= 4 is 23.1 Å². The molecule has 2 aromatic heterocycles. The van der Waals surface area contributed by atoms with Crippen molar-refractivity contribution in [1.29, 1.82) is 0 Å². The van der Waals surface area contributed by atoms with E-state index in [4.69, 9.17) is 5.73 Å². The molecule has 5 nitrogen and oxygen atoms in total. The lowest BCUT2D eigenvalue weighted by Crippen LogP contribution is -2.08. The third-order valence-corrected chi connectivity index (χ3v) is 5.41. The molecule has 2 aromatic rings. The maximum atomic E-state index is 5.73. The van der Waals surface area contributed by atoms with Crippen molar-refractivity contribution in [2.45, 2.75) is 56.1 Å². The number of rotatable bonds is 6. The summed E-state index contributed by atoms with van der Waals surface area (Å²) in [5.74, 6) is 2.24. The number of nitrogens with zero attached hydrogens (tertiary/aromatic N) is 4. The van der Waals surface area contributed by atoms with Crippen LogP contribution in [0.4, 0.5) is 0 Å². The van der Waals surface area contributed by atoms with Gasteiger partial charge >= 0.3 is 0 Å². The van der Waals surface area contributed by atoms with Crippen molar-refractivity contribution in [3.8, 4) is 0 Å². The third kappa shape index (κ3) is 2.89. The number of hydrogen-bond donors (Lipinski definition) is 1. The molecular formula is C13H19N5S2. The van der Waals surface area contributed by atoms with Crippen molar-refractivity contribution in [2.75, 3.05) is 0 Å². The lowest BCUT2D eigenvalue weighted by Gasteiger charge is -2.06. The molecule has 0 aromatic carbocycles. The molecule has 0 saturated heterocycles. The maximum Gasteiger partial charge on any atom is 0.191 e. The first kappa shape index (κ1) is 14.0. The van der Waals surface area contributed by atoms with Gasteiger partial charge in [-0.25, -0.2) is 4.98 Å². The van der Waals surface area contributed by atoms with Gasteiger partial charge in [0, 0.05) is 23.1 Å². The van der Waals surface area contributed by atoms with E-state index < -0.39 is 0 Å². The average Bonchev–Trinajstić information content (AvgIpc) is 3.02. The van der Waals surface area contributed by atoms with Gasteiger partial charge in [-0.1, -0.05) is 25.6 Å². The molecular weight excluding hydrogens is 290 g/mol. The summed E-state index contributed by atoms with van der Waals surface area (Å²) in [7, 11) is 0. The lowest BCUT2D eigenvalue weighted by atomic mass is 10.2. The Morgan fingerprint density at radius 3 is 2.85 bits per heavy atom. The van der Waals surface area contributed by atoms with Crippen LogP contribution in [0.15, 0.2) is 10.5 Å². The molecule has 108 valence electrons. The summed E-state index contributed by atoms with van der Waals surface area (Å²) in [6.07, 6.45) is 2.43. The minimum atomic E-state index is 0.457. The molecule has 0 amide bonds. The van der Waals surface area contributed by atoms with Gasteiger partial charge in [-0.3, -0.25) is 0 Å². The Morgan fingerprint density at radius 2 is 2.25 bits per heavy atom. The van der Waals surface area contributed by atoms with Gasteiger partial charge in [-0.2, -0.15) is 0 Å². The van der Waals surface area contributed by atoms with Crippen molar-refractivity contribution in [3.63, 3.8) is 0 Å². The Morgan fingerprint density at radius 1 is 1.45 bits per heavy atom. The van der Waals surface area contributed by atoms with Gasteiger partial charge in [-0.05, 0) is 12.8 Å². The molecule has 1 aliphatic rings. The Kier molecular flexibility index (Phi) is 4.09. The molecule has 0 spiro atoms. The minimum Gasteiger partial charge on any atom is -0.324 e. The standard InChI is InChI=1S/C13H19N5S2/c1-8(2)12-15-9(6-19-12)7-20-13-17-16-11(5-14)18(13)10-3-4-10/h6,8,10H,3-5,7,14H2,1-2H3. The first-order valence-corrected chi connectivity index (χ1v) is 8.76. The van der Waals surface area contributed by atoms with Crippen LogP contribution in [0.3, 0.4) is 0 Å². The van der Waals surface area contributed by atoms with Crippen LogP contribution in [0, 0.1) is 0 Å². The fraction of sp³-hybridized carbons (Fsp3) is 0.615. The van der Waals surface area contributed by atoms with Crippen LogP contribution < -0.4 is 5.73 Å². The molecule has 7 heteroatoms. The zero-order chi connectivity index (χ0) is 14.1. The Labute approximate surface area is 127 Å². The number of thioether (sulfide) groups is 1. The topological polar surface area (TPSA) is 69.6 Å². The van der Waals surface area contributed by atoms with E-state index in [1.54, 1.807) is 23.1 Å². The molecule has 0 bridgehead atoms. The number of nitrogens with two attached hydrogens (primary N) is 1. The Hall–Kier alpha value is -0.920. The normalized spacial score (nSPS) is 15.2. The number of hydrogen-bond acceptors (Lipinski definition) is 6. The van der Waals surface area contributed by atoms with E-state index in [1.165, 1.54) is 17.8 Å². The molecule has 0 atom stereocenters. The van der Waals surface area contributed by atoms with E-state index in [9.17, 15) is 0 Å². The molecule has 0 radical (unpaired) electrons. The second-order valence-electron chi connectivity index (χ2n) is 5.32. The summed E-state index contributed by atoms with van der Waals surface area (Å²) >= 11 is 3.45. The van der Waals surface area contributed by atoms with Gasteiger partial charge in [0.15, 0.2) is 5.16 Å². The lowest BCUT2D eigenvalue weighted by molar-refractivity contribution is 0.626. The summed E-state index contributed by atoms with van der Waals surface area (Å²) in [4.78, 5) is 4.66. The summed E-state index contributed by atoms with van der Waals surface area (Å²) in [5, 5.41) is 12.8.